The Labute approximate surface area is 132 Å². The van der Waals surface area contributed by atoms with Crippen LogP contribution in [0.5, 0.6) is 0 Å². The van der Waals surface area contributed by atoms with Crippen molar-refractivity contribution in [3.8, 4) is 0 Å². The quantitative estimate of drug-likeness (QED) is 0.838. The molecule has 0 radical (unpaired) electrons. The lowest BCUT2D eigenvalue weighted by Gasteiger charge is -2.15. The van der Waals surface area contributed by atoms with Gasteiger partial charge in [-0.15, -0.1) is 0 Å². The van der Waals surface area contributed by atoms with Crippen LogP contribution in [0.2, 0.25) is 0 Å². The predicted molar refractivity (Wildman–Crippen MR) is 90.8 cm³/mol. The third-order valence-electron chi connectivity index (χ3n) is 3.31. The Hall–Kier alpha value is -2.36. The zero-order valence-corrected chi connectivity index (χ0v) is 13.3. The van der Waals surface area contributed by atoms with Gasteiger partial charge in [0, 0.05) is 12.5 Å². The first-order chi connectivity index (χ1) is 10.5. The normalized spacial score (nSPS) is 12.0. The minimum atomic E-state index is 0.000799. The van der Waals surface area contributed by atoms with Crippen molar-refractivity contribution in [3.63, 3.8) is 0 Å². The van der Waals surface area contributed by atoms with Crippen LogP contribution in [-0.4, -0.2) is 10.9 Å². The van der Waals surface area contributed by atoms with Crippen LogP contribution >= 0.6 is 0 Å². The average molecular weight is 297 g/mol. The van der Waals surface area contributed by atoms with Crippen LogP contribution in [0, 0.1) is 5.92 Å². The molecule has 0 aliphatic heterocycles. The van der Waals surface area contributed by atoms with Crippen LogP contribution in [0.25, 0.3) is 0 Å². The first-order valence-electron chi connectivity index (χ1n) is 7.62. The van der Waals surface area contributed by atoms with Gasteiger partial charge in [0.25, 0.3) is 0 Å². The molecule has 2 aromatic rings. The third-order valence-corrected chi connectivity index (χ3v) is 3.31. The lowest BCUT2D eigenvalue weighted by atomic mass is 10.1. The molecule has 4 nitrogen and oxygen atoms in total. The summed E-state index contributed by atoms with van der Waals surface area (Å²) >= 11 is 0. The Morgan fingerprint density at radius 2 is 1.82 bits per heavy atom. The van der Waals surface area contributed by atoms with Gasteiger partial charge in [-0.1, -0.05) is 44.2 Å². The maximum atomic E-state index is 11.7. The fourth-order valence-electron chi connectivity index (χ4n) is 2.19. The van der Waals surface area contributed by atoms with E-state index in [2.05, 4.69) is 34.7 Å². The van der Waals surface area contributed by atoms with Crippen molar-refractivity contribution in [2.75, 3.05) is 10.6 Å². The average Bonchev–Trinajstić information content (AvgIpc) is 2.49. The van der Waals surface area contributed by atoms with Gasteiger partial charge in [-0.2, -0.15) is 0 Å². The van der Waals surface area contributed by atoms with Gasteiger partial charge in [0.05, 0.1) is 11.9 Å². The zero-order chi connectivity index (χ0) is 15.9. The predicted octanol–water partition coefficient (Wildman–Crippen LogP) is 4.24. The van der Waals surface area contributed by atoms with Gasteiger partial charge in [-0.05, 0) is 30.5 Å². The van der Waals surface area contributed by atoms with E-state index in [9.17, 15) is 4.79 Å². The van der Waals surface area contributed by atoms with Crippen LogP contribution in [0.3, 0.4) is 0 Å². The number of carbonyl (C=O) groups excluding carboxylic acids is 1. The molecule has 0 saturated carbocycles. The maximum Gasteiger partial charge on any atom is 0.225 e. The molecule has 1 amide bonds. The number of hydrogen-bond donors (Lipinski definition) is 2. The van der Waals surface area contributed by atoms with E-state index in [4.69, 9.17) is 0 Å². The SMILES string of the molecule is CC(C)CC(=O)Nc1ccc(NC(C)c2ccccc2)cn1. The molecule has 0 saturated heterocycles. The van der Waals surface area contributed by atoms with Crippen molar-refractivity contribution < 1.29 is 4.79 Å². The molecule has 4 heteroatoms. The minimum Gasteiger partial charge on any atom is -0.377 e. The van der Waals surface area contributed by atoms with Crippen LogP contribution < -0.4 is 10.6 Å². The second-order valence-corrected chi connectivity index (χ2v) is 5.85. The van der Waals surface area contributed by atoms with Gasteiger partial charge in [0.2, 0.25) is 5.91 Å². The molecular weight excluding hydrogens is 274 g/mol. The molecule has 22 heavy (non-hydrogen) atoms. The minimum absolute atomic E-state index is 0.000799. The summed E-state index contributed by atoms with van der Waals surface area (Å²) in [5.41, 5.74) is 2.15. The molecule has 1 atom stereocenters. The van der Waals surface area contributed by atoms with Gasteiger partial charge in [-0.3, -0.25) is 4.79 Å². The van der Waals surface area contributed by atoms with E-state index in [0.717, 1.165) is 5.69 Å². The lowest BCUT2D eigenvalue weighted by molar-refractivity contribution is -0.116. The van der Waals surface area contributed by atoms with Crippen molar-refractivity contribution in [1.29, 1.82) is 0 Å². The number of hydrogen-bond acceptors (Lipinski definition) is 3. The molecule has 0 spiro atoms. The maximum absolute atomic E-state index is 11.7. The van der Waals surface area contributed by atoms with Crippen molar-refractivity contribution in [1.82, 2.24) is 4.98 Å². The Morgan fingerprint density at radius 1 is 1.09 bits per heavy atom. The molecule has 116 valence electrons. The van der Waals surface area contributed by atoms with Gasteiger partial charge in [-0.25, -0.2) is 4.98 Å². The molecule has 0 aliphatic rings. The number of benzene rings is 1. The number of aromatic nitrogens is 1. The van der Waals surface area contributed by atoms with E-state index in [1.54, 1.807) is 6.20 Å². The molecule has 2 N–H and O–H groups in total. The monoisotopic (exact) mass is 297 g/mol. The second kappa shape index (κ2) is 7.59. The number of carbonyl (C=O) groups is 1. The number of nitrogens with one attached hydrogen (secondary N) is 2. The fraction of sp³-hybridized carbons (Fsp3) is 0.333. The highest BCUT2D eigenvalue weighted by Crippen LogP contribution is 2.19. The van der Waals surface area contributed by atoms with Gasteiger partial charge in [0.1, 0.15) is 5.82 Å². The molecule has 1 aromatic heterocycles. The Kier molecular flexibility index (Phi) is 5.53. The Balaban J connectivity index is 1.93. The molecule has 1 aromatic carbocycles. The smallest absolute Gasteiger partial charge is 0.225 e. The van der Waals surface area contributed by atoms with Crippen molar-refractivity contribution in [3.05, 3.63) is 54.2 Å². The molecule has 0 bridgehead atoms. The molecular formula is C18H23N3O. The van der Waals surface area contributed by atoms with Crippen LogP contribution in [0.1, 0.15) is 38.8 Å². The van der Waals surface area contributed by atoms with Crippen molar-refractivity contribution in [2.24, 2.45) is 5.92 Å². The number of rotatable bonds is 6. The van der Waals surface area contributed by atoms with Gasteiger partial charge in [0.15, 0.2) is 0 Å². The first kappa shape index (κ1) is 16.0. The van der Waals surface area contributed by atoms with E-state index in [-0.39, 0.29) is 11.9 Å². The van der Waals surface area contributed by atoms with E-state index in [1.165, 1.54) is 5.56 Å². The summed E-state index contributed by atoms with van der Waals surface area (Å²) in [4.78, 5) is 16.0. The summed E-state index contributed by atoms with van der Waals surface area (Å²) in [5.74, 6) is 0.928. The molecule has 1 unspecified atom stereocenters. The molecule has 2 rings (SSSR count). The van der Waals surface area contributed by atoms with E-state index in [0.29, 0.717) is 18.2 Å². The fourth-order valence-corrected chi connectivity index (χ4v) is 2.19. The number of amides is 1. The lowest BCUT2D eigenvalue weighted by Crippen LogP contribution is -2.14. The molecule has 0 aliphatic carbocycles. The first-order valence-corrected chi connectivity index (χ1v) is 7.62. The van der Waals surface area contributed by atoms with Gasteiger partial charge >= 0.3 is 0 Å². The standard InChI is InChI=1S/C18H23N3O/c1-13(2)11-18(22)21-17-10-9-16(12-19-17)20-14(3)15-7-5-4-6-8-15/h4-10,12-14,20H,11H2,1-3H3,(H,19,21,22). The Morgan fingerprint density at radius 3 is 2.41 bits per heavy atom. The van der Waals surface area contributed by atoms with Crippen LogP contribution in [0.4, 0.5) is 11.5 Å². The van der Waals surface area contributed by atoms with Crippen molar-refractivity contribution >= 4 is 17.4 Å². The third kappa shape index (κ3) is 4.88. The summed E-state index contributed by atoms with van der Waals surface area (Å²) in [6, 6.07) is 14.2. The highest BCUT2D eigenvalue weighted by molar-refractivity contribution is 5.89. The largest absolute Gasteiger partial charge is 0.377 e. The number of nitrogens with zero attached hydrogens (tertiary/aromatic N) is 1. The summed E-state index contributed by atoms with van der Waals surface area (Å²) in [6.07, 6.45) is 2.25. The van der Waals surface area contributed by atoms with E-state index < -0.39 is 0 Å². The zero-order valence-electron chi connectivity index (χ0n) is 13.3. The summed E-state index contributed by atoms with van der Waals surface area (Å²) in [6.45, 7) is 6.14. The topological polar surface area (TPSA) is 54.0 Å². The number of pyridine rings is 1. The van der Waals surface area contributed by atoms with Crippen LogP contribution in [-0.2, 0) is 4.79 Å². The second-order valence-electron chi connectivity index (χ2n) is 5.85. The van der Waals surface area contributed by atoms with E-state index >= 15 is 0 Å². The highest BCUT2D eigenvalue weighted by atomic mass is 16.1. The van der Waals surface area contributed by atoms with E-state index in [1.807, 2.05) is 44.2 Å². The summed E-state index contributed by atoms with van der Waals surface area (Å²) in [5, 5.41) is 6.20. The Bertz CT molecular complexity index is 593. The van der Waals surface area contributed by atoms with Crippen LogP contribution in [0.15, 0.2) is 48.7 Å². The van der Waals surface area contributed by atoms with Gasteiger partial charge < -0.3 is 10.6 Å². The summed E-state index contributed by atoms with van der Waals surface area (Å²) in [7, 11) is 0. The highest BCUT2D eigenvalue weighted by Gasteiger charge is 2.07. The molecule has 0 fully saturated rings. The van der Waals surface area contributed by atoms with Crippen molar-refractivity contribution in [2.45, 2.75) is 33.2 Å². The number of anilines is 2. The summed E-state index contributed by atoms with van der Waals surface area (Å²) < 4.78 is 0. The molecule has 1 heterocycles.